The first-order valence-corrected chi connectivity index (χ1v) is 8.40. The lowest BCUT2D eigenvalue weighted by Gasteiger charge is -2.25. The average molecular weight is 370 g/mol. The number of benzene rings is 1. The average Bonchev–Trinajstić information content (AvgIpc) is 2.90. The molecule has 25 heavy (non-hydrogen) atoms. The van der Waals surface area contributed by atoms with Gasteiger partial charge in [0.1, 0.15) is 0 Å². The number of aryl methyl sites for hydroxylation is 2. The molecule has 136 valence electrons. The minimum absolute atomic E-state index is 0.140. The summed E-state index contributed by atoms with van der Waals surface area (Å²) < 4.78 is 34.5. The number of methoxy groups -OCH3 is 1. The molecule has 1 amide bonds. The minimum atomic E-state index is -3.00. The van der Waals surface area contributed by atoms with Crippen LogP contribution in [0.25, 0.3) is 0 Å². The Kier molecular flexibility index (Phi) is 5.94. The minimum Gasteiger partial charge on any atom is -0.493 e. The fourth-order valence-corrected chi connectivity index (χ4v) is 3.51. The van der Waals surface area contributed by atoms with Gasteiger partial charge in [0.2, 0.25) is 0 Å². The summed E-state index contributed by atoms with van der Waals surface area (Å²) in [5.74, 6) is -0.338. The maximum atomic E-state index is 12.7. The second-order valence-electron chi connectivity index (χ2n) is 5.52. The quantitative estimate of drug-likeness (QED) is 0.765. The Morgan fingerprint density at radius 3 is 2.48 bits per heavy atom. The van der Waals surface area contributed by atoms with Gasteiger partial charge < -0.3 is 14.4 Å². The van der Waals surface area contributed by atoms with Gasteiger partial charge in [0.25, 0.3) is 5.91 Å². The van der Waals surface area contributed by atoms with Crippen molar-refractivity contribution in [2.75, 3.05) is 14.2 Å². The van der Waals surface area contributed by atoms with Crippen LogP contribution in [0.2, 0.25) is 0 Å². The van der Waals surface area contributed by atoms with Crippen molar-refractivity contribution in [2.24, 2.45) is 0 Å². The highest BCUT2D eigenvalue weighted by atomic mass is 32.1. The number of aromatic nitrogens is 1. The second kappa shape index (κ2) is 7.77. The van der Waals surface area contributed by atoms with E-state index in [9.17, 15) is 13.6 Å². The molecule has 0 radical (unpaired) electrons. The normalized spacial score (nSPS) is 12.2. The van der Waals surface area contributed by atoms with E-state index in [0.717, 1.165) is 15.6 Å². The Hall–Kier alpha value is -2.22. The Morgan fingerprint density at radius 2 is 1.96 bits per heavy atom. The van der Waals surface area contributed by atoms with Crippen molar-refractivity contribution in [1.82, 2.24) is 9.88 Å². The number of rotatable bonds is 6. The van der Waals surface area contributed by atoms with Gasteiger partial charge in [0.15, 0.2) is 11.5 Å². The van der Waals surface area contributed by atoms with Gasteiger partial charge in [-0.05, 0) is 39.0 Å². The van der Waals surface area contributed by atoms with E-state index in [1.54, 1.807) is 11.9 Å². The van der Waals surface area contributed by atoms with Crippen LogP contribution in [0.1, 0.15) is 38.9 Å². The lowest BCUT2D eigenvalue weighted by atomic mass is 10.1. The molecule has 0 aliphatic carbocycles. The molecule has 0 N–H and O–H groups in total. The van der Waals surface area contributed by atoms with Gasteiger partial charge in [-0.3, -0.25) is 4.79 Å². The first kappa shape index (κ1) is 19.1. The summed E-state index contributed by atoms with van der Waals surface area (Å²) in [7, 11) is 3.01. The van der Waals surface area contributed by atoms with E-state index in [0.29, 0.717) is 0 Å². The molecule has 1 aromatic carbocycles. The summed E-state index contributed by atoms with van der Waals surface area (Å²) in [4.78, 5) is 19.7. The van der Waals surface area contributed by atoms with Crippen molar-refractivity contribution in [1.29, 1.82) is 0 Å². The molecule has 0 aliphatic heterocycles. The number of alkyl halides is 2. The van der Waals surface area contributed by atoms with Crippen molar-refractivity contribution in [3.05, 3.63) is 39.3 Å². The lowest BCUT2D eigenvalue weighted by molar-refractivity contribution is -0.0512. The van der Waals surface area contributed by atoms with Crippen LogP contribution in [-0.4, -0.2) is 36.6 Å². The van der Waals surface area contributed by atoms with Crippen molar-refractivity contribution < 1.29 is 23.0 Å². The number of hydrogen-bond acceptors (Lipinski definition) is 5. The van der Waals surface area contributed by atoms with E-state index in [1.165, 1.54) is 36.6 Å². The summed E-state index contributed by atoms with van der Waals surface area (Å²) in [6.45, 7) is 2.71. The number of hydrogen-bond donors (Lipinski definition) is 0. The molecule has 1 aromatic heterocycles. The molecule has 2 rings (SSSR count). The number of ether oxygens (including phenoxy) is 2. The highest BCUT2D eigenvalue weighted by molar-refractivity contribution is 7.11. The van der Waals surface area contributed by atoms with Crippen LogP contribution in [0.3, 0.4) is 0 Å². The molecule has 1 atom stereocenters. The molecule has 0 saturated carbocycles. The van der Waals surface area contributed by atoms with Crippen LogP contribution < -0.4 is 9.47 Å². The van der Waals surface area contributed by atoms with Crippen molar-refractivity contribution in [3.63, 3.8) is 0 Å². The first-order valence-electron chi connectivity index (χ1n) is 7.58. The monoisotopic (exact) mass is 370 g/mol. The van der Waals surface area contributed by atoms with Crippen LogP contribution in [0.5, 0.6) is 11.5 Å². The SMILES string of the molecule is COc1ccc(C(=O)N(C)C(C)c2sc(C)nc2C)cc1OC(F)F. The van der Waals surface area contributed by atoms with Gasteiger partial charge in [-0.2, -0.15) is 8.78 Å². The van der Waals surface area contributed by atoms with Crippen LogP contribution >= 0.6 is 11.3 Å². The van der Waals surface area contributed by atoms with E-state index in [-0.39, 0.29) is 29.0 Å². The first-order chi connectivity index (χ1) is 11.7. The Balaban J connectivity index is 2.28. The Morgan fingerprint density at radius 1 is 1.28 bits per heavy atom. The molecule has 1 heterocycles. The molecule has 0 spiro atoms. The summed E-state index contributed by atoms with van der Waals surface area (Å²) in [5, 5.41) is 0.928. The van der Waals surface area contributed by atoms with Gasteiger partial charge >= 0.3 is 6.61 Å². The van der Waals surface area contributed by atoms with Crippen LogP contribution in [0.4, 0.5) is 8.78 Å². The smallest absolute Gasteiger partial charge is 0.387 e. The molecular weight excluding hydrogens is 350 g/mol. The maximum absolute atomic E-state index is 12.7. The number of nitrogens with zero attached hydrogens (tertiary/aromatic N) is 2. The van der Waals surface area contributed by atoms with Crippen molar-refractivity contribution >= 4 is 17.2 Å². The third kappa shape index (κ3) is 4.25. The topological polar surface area (TPSA) is 51.7 Å². The number of thiazole rings is 1. The predicted molar refractivity (Wildman–Crippen MR) is 91.7 cm³/mol. The van der Waals surface area contributed by atoms with Gasteiger partial charge in [-0.1, -0.05) is 0 Å². The Labute approximate surface area is 149 Å². The molecule has 0 aliphatic rings. The van der Waals surface area contributed by atoms with Crippen molar-refractivity contribution in [3.8, 4) is 11.5 Å². The molecule has 2 aromatic rings. The number of amides is 1. The number of carbonyl (C=O) groups is 1. The molecule has 0 fully saturated rings. The molecule has 0 bridgehead atoms. The second-order valence-corrected chi connectivity index (χ2v) is 6.75. The van der Waals surface area contributed by atoms with E-state index in [2.05, 4.69) is 9.72 Å². The van der Waals surface area contributed by atoms with E-state index in [4.69, 9.17) is 4.74 Å². The van der Waals surface area contributed by atoms with Gasteiger partial charge in [0, 0.05) is 17.5 Å². The number of halogens is 2. The van der Waals surface area contributed by atoms with E-state index < -0.39 is 6.61 Å². The zero-order valence-corrected chi connectivity index (χ0v) is 15.5. The van der Waals surface area contributed by atoms with E-state index in [1.807, 2.05) is 20.8 Å². The summed E-state index contributed by atoms with van der Waals surface area (Å²) in [6, 6.07) is 4.03. The van der Waals surface area contributed by atoms with Gasteiger partial charge in [0.05, 0.1) is 23.9 Å². The molecule has 5 nitrogen and oxygen atoms in total. The van der Waals surface area contributed by atoms with Gasteiger partial charge in [-0.15, -0.1) is 11.3 Å². The third-order valence-electron chi connectivity index (χ3n) is 3.85. The van der Waals surface area contributed by atoms with Crippen LogP contribution in [0.15, 0.2) is 18.2 Å². The fourth-order valence-electron chi connectivity index (χ4n) is 2.49. The molecular formula is C17H20F2N2O3S. The largest absolute Gasteiger partial charge is 0.493 e. The molecule has 0 saturated heterocycles. The van der Waals surface area contributed by atoms with Crippen LogP contribution in [0, 0.1) is 13.8 Å². The predicted octanol–water partition coefficient (Wildman–Crippen LogP) is 4.20. The highest BCUT2D eigenvalue weighted by Crippen LogP contribution is 2.32. The van der Waals surface area contributed by atoms with Gasteiger partial charge in [-0.25, -0.2) is 4.98 Å². The zero-order valence-electron chi connectivity index (χ0n) is 14.7. The van der Waals surface area contributed by atoms with E-state index >= 15 is 0 Å². The number of carbonyl (C=O) groups excluding carboxylic acids is 1. The fraction of sp³-hybridized carbons (Fsp3) is 0.412. The summed E-state index contributed by atoms with van der Waals surface area (Å²) in [5.41, 5.74) is 1.12. The zero-order chi connectivity index (χ0) is 18.7. The Bertz CT molecular complexity index is 764. The molecule has 8 heteroatoms. The van der Waals surface area contributed by atoms with Crippen LogP contribution in [-0.2, 0) is 0 Å². The summed E-state index contributed by atoms with van der Waals surface area (Å²) in [6.07, 6.45) is 0. The third-order valence-corrected chi connectivity index (χ3v) is 5.09. The summed E-state index contributed by atoms with van der Waals surface area (Å²) >= 11 is 1.53. The standard InChI is InChI=1S/C17H20F2N2O3S/c1-9-15(25-11(3)20-9)10(2)21(4)16(22)12-6-7-13(23-5)14(8-12)24-17(18)19/h6-8,10,17H,1-5H3. The molecule has 1 unspecified atom stereocenters. The highest BCUT2D eigenvalue weighted by Gasteiger charge is 2.24. The lowest BCUT2D eigenvalue weighted by Crippen LogP contribution is -2.29. The van der Waals surface area contributed by atoms with Crippen molar-refractivity contribution in [2.45, 2.75) is 33.4 Å². The maximum Gasteiger partial charge on any atom is 0.387 e.